The molecule has 0 aromatic heterocycles. The van der Waals surface area contributed by atoms with E-state index in [1.165, 1.54) is 22.3 Å². The average molecular weight is 484 g/mol. The van der Waals surface area contributed by atoms with E-state index >= 15 is 0 Å². The number of phenols is 1. The number of Topliss-reactive ketones (excluding diaryl/α,β-unsaturated/α-hetero) is 1. The summed E-state index contributed by atoms with van der Waals surface area (Å²) in [6, 6.07) is 26.4. The van der Waals surface area contributed by atoms with Crippen LogP contribution < -0.4 is 0 Å². The van der Waals surface area contributed by atoms with Crippen molar-refractivity contribution in [3.63, 3.8) is 0 Å². The van der Waals surface area contributed by atoms with E-state index in [4.69, 9.17) is 0 Å². The third kappa shape index (κ3) is 6.13. The molecule has 1 saturated heterocycles. The quantitative estimate of drug-likeness (QED) is 0.355. The van der Waals surface area contributed by atoms with Crippen LogP contribution >= 0.6 is 0 Å². The molecule has 0 unspecified atom stereocenters. The number of likely N-dealkylation sites (tertiary alicyclic amines) is 1. The summed E-state index contributed by atoms with van der Waals surface area (Å²) in [6.45, 7) is 6.55. The van der Waals surface area contributed by atoms with E-state index in [1.807, 2.05) is 13.8 Å². The van der Waals surface area contributed by atoms with E-state index < -0.39 is 5.41 Å². The van der Waals surface area contributed by atoms with E-state index in [-0.39, 0.29) is 18.1 Å². The van der Waals surface area contributed by atoms with Crippen molar-refractivity contribution >= 4 is 11.4 Å². The molecule has 0 saturated carbocycles. The van der Waals surface area contributed by atoms with Gasteiger partial charge in [0.2, 0.25) is 0 Å². The van der Waals surface area contributed by atoms with E-state index in [1.54, 1.807) is 18.2 Å². The molecule has 0 aliphatic carbocycles. The zero-order valence-corrected chi connectivity index (χ0v) is 21.4. The zero-order valence-electron chi connectivity index (χ0n) is 21.4. The van der Waals surface area contributed by atoms with Crippen LogP contribution in [0.15, 0.2) is 84.4 Å². The van der Waals surface area contributed by atoms with Gasteiger partial charge in [0.15, 0.2) is 5.78 Å². The standard InChI is InChI=1S/C32H37NO3/c1-32(2,23-34)28-16-15-27(22-30(28)36)29(35)14-9-19-33-20-17-26(18-21-33)31(24-10-5-3-6-11-24)25-12-7-4-8-13-25/h3-8,10-13,15-16,22,34,36H,9,14,17-21,23H2,1-2H3. The summed E-state index contributed by atoms with van der Waals surface area (Å²) in [5.74, 6) is 0.120. The normalized spacial score (nSPS) is 14.6. The van der Waals surface area contributed by atoms with Crippen LogP contribution in [-0.4, -0.2) is 47.1 Å². The summed E-state index contributed by atoms with van der Waals surface area (Å²) in [5, 5.41) is 20.0. The van der Waals surface area contributed by atoms with E-state index in [0.717, 1.165) is 38.9 Å². The van der Waals surface area contributed by atoms with E-state index in [2.05, 4.69) is 65.6 Å². The van der Waals surface area contributed by atoms with Gasteiger partial charge in [-0.2, -0.15) is 0 Å². The Labute approximate surface area is 214 Å². The molecule has 36 heavy (non-hydrogen) atoms. The van der Waals surface area contributed by atoms with Crippen LogP contribution in [0.3, 0.4) is 0 Å². The number of piperidine rings is 1. The number of benzene rings is 3. The van der Waals surface area contributed by atoms with E-state index in [0.29, 0.717) is 17.5 Å². The smallest absolute Gasteiger partial charge is 0.163 e. The minimum atomic E-state index is -0.548. The van der Waals surface area contributed by atoms with Crippen molar-refractivity contribution in [2.45, 2.75) is 44.9 Å². The zero-order chi connectivity index (χ0) is 25.5. The molecule has 0 bridgehead atoms. The van der Waals surface area contributed by atoms with Gasteiger partial charge in [0.05, 0.1) is 6.61 Å². The van der Waals surface area contributed by atoms with E-state index in [9.17, 15) is 15.0 Å². The predicted molar refractivity (Wildman–Crippen MR) is 146 cm³/mol. The van der Waals surface area contributed by atoms with Crippen LogP contribution in [0.4, 0.5) is 0 Å². The van der Waals surface area contributed by atoms with Crippen LogP contribution in [0.1, 0.15) is 66.6 Å². The predicted octanol–water partition coefficient (Wildman–Crippen LogP) is 6.22. The SMILES string of the molecule is CC(C)(CO)c1ccc(C(=O)CCCN2CCC(=C(c3ccccc3)c3ccccc3)CC2)cc1O. The van der Waals surface area contributed by atoms with Crippen LogP contribution in [0.2, 0.25) is 0 Å². The molecule has 0 spiro atoms. The van der Waals surface area contributed by atoms with Gasteiger partial charge in [0.25, 0.3) is 0 Å². The molecule has 3 aromatic carbocycles. The maximum atomic E-state index is 12.7. The van der Waals surface area contributed by atoms with Crippen molar-refractivity contribution in [3.05, 3.63) is 107 Å². The fraction of sp³-hybridized carbons (Fsp3) is 0.344. The Bertz CT molecular complexity index is 1150. The molecule has 4 nitrogen and oxygen atoms in total. The number of aliphatic hydroxyl groups excluding tert-OH is 1. The molecular formula is C32H37NO3. The monoisotopic (exact) mass is 483 g/mol. The number of carbonyl (C=O) groups excluding carboxylic acids is 1. The summed E-state index contributed by atoms with van der Waals surface area (Å²) < 4.78 is 0. The molecule has 0 amide bonds. The lowest BCUT2D eigenvalue weighted by atomic mass is 9.84. The second-order valence-corrected chi connectivity index (χ2v) is 10.4. The minimum Gasteiger partial charge on any atom is -0.508 e. The largest absolute Gasteiger partial charge is 0.508 e. The van der Waals surface area contributed by atoms with Crippen LogP contribution in [0, 0.1) is 0 Å². The summed E-state index contributed by atoms with van der Waals surface area (Å²) in [5.41, 5.74) is 6.05. The Balaban J connectivity index is 1.34. The van der Waals surface area contributed by atoms with Crippen molar-refractivity contribution in [2.24, 2.45) is 0 Å². The van der Waals surface area contributed by atoms with Gasteiger partial charge < -0.3 is 15.1 Å². The number of ketones is 1. The highest BCUT2D eigenvalue weighted by Gasteiger charge is 2.24. The molecule has 2 N–H and O–H groups in total. The molecular weight excluding hydrogens is 446 g/mol. The molecule has 1 aliphatic rings. The summed E-state index contributed by atoms with van der Waals surface area (Å²) in [7, 11) is 0. The van der Waals surface area contributed by atoms with Crippen molar-refractivity contribution in [2.75, 3.05) is 26.2 Å². The summed E-state index contributed by atoms with van der Waals surface area (Å²) in [6.07, 6.45) is 3.32. The highest BCUT2D eigenvalue weighted by atomic mass is 16.3. The average Bonchev–Trinajstić information content (AvgIpc) is 2.90. The first-order valence-corrected chi connectivity index (χ1v) is 12.9. The fourth-order valence-electron chi connectivity index (χ4n) is 5.05. The van der Waals surface area contributed by atoms with Crippen molar-refractivity contribution in [1.82, 2.24) is 4.90 Å². The summed E-state index contributed by atoms with van der Waals surface area (Å²) in [4.78, 5) is 15.2. The number of aromatic hydroxyl groups is 1. The van der Waals surface area contributed by atoms with Crippen molar-refractivity contribution < 1.29 is 15.0 Å². The molecule has 1 aliphatic heterocycles. The summed E-state index contributed by atoms with van der Waals surface area (Å²) >= 11 is 0. The van der Waals surface area contributed by atoms with Gasteiger partial charge >= 0.3 is 0 Å². The third-order valence-electron chi connectivity index (χ3n) is 7.26. The minimum absolute atomic E-state index is 0.0479. The fourth-order valence-corrected chi connectivity index (χ4v) is 5.05. The molecule has 188 valence electrons. The second-order valence-electron chi connectivity index (χ2n) is 10.4. The maximum Gasteiger partial charge on any atom is 0.163 e. The lowest BCUT2D eigenvalue weighted by molar-refractivity contribution is 0.0973. The Hall–Kier alpha value is -3.21. The lowest BCUT2D eigenvalue weighted by Crippen LogP contribution is -2.32. The van der Waals surface area contributed by atoms with Crippen molar-refractivity contribution in [1.29, 1.82) is 0 Å². The second kappa shape index (κ2) is 11.7. The van der Waals surface area contributed by atoms with Crippen LogP contribution in [0.5, 0.6) is 5.75 Å². The number of phenolic OH excluding ortho intramolecular Hbond substituents is 1. The van der Waals surface area contributed by atoms with Gasteiger partial charge in [-0.3, -0.25) is 4.79 Å². The van der Waals surface area contributed by atoms with Crippen molar-refractivity contribution in [3.8, 4) is 5.75 Å². The molecule has 0 atom stereocenters. The topological polar surface area (TPSA) is 60.8 Å². The Morgan fingerprint density at radius 1 is 0.861 bits per heavy atom. The molecule has 1 heterocycles. The van der Waals surface area contributed by atoms with Gasteiger partial charge in [-0.15, -0.1) is 0 Å². The molecule has 4 heteroatoms. The number of rotatable bonds is 9. The van der Waals surface area contributed by atoms with Crippen LogP contribution in [-0.2, 0) is 5.41 Å². The number of nitrogens with zero attached hydrogens (tertiary/aromatic N) is 1. The first kappa shape index (κ1) is 25.9. The molecule has 0 radical (unpaired) electrons. The van der Waals surface area contributed by atoms with Gasteiger partial charge in [-0.25, -0.2) is 0 Å². The number of hydrogen-bond donors (Lipinski definition) is 2. The Kier molecular flexibility index (Phi) is 8.40. The third-order valence-corrected chi connectivity index (χ3v) is 7.26. The van der Waals surface area contributed by atoms with Gasteiger partial charge in [-0.1, -0.05) is 92.2 Å². The Morgan fingerprint density at radius 2 is 1.44 bits per heavy atom. The van der Waals surface area contributed by atoms with Gasteiger partial charge in [0.1, 0.15) is 5.75 Å². The van der Waals surface area contributed by atoms with Gasteiger partial charge in [0, 0.05) is 36.1 Å². The maximum absolute atomic E-state index is 12.7. The highest BCUT2D eigenvalue weighted by molar-refractivity contribution is 5.96. The van der Waals surface area contributed by atoms with Crippen LogP contribution in [0.25, 0.3) is 5.57 Å². The molecule has 3 aromatic rings. The number of carbonyl (C=O) groups is 1. The molecule has 1 fully saturated rings. The first-order chi connectivity index (χ1) is 17.4. The lowest BCUT2D eigenvalue weighted by Gasteiger charge is -2.30. The molecule has 4 rings (SSSR count). The van der Waals surface area contributed by atoms with Gasteiger partial charge in [-0.05, 0) is 48.6 Å². The number of aliphatic hydroxyl groups is 1. The highest BCUT2D eigenvalue weighted by Crippen LogP contribution is 2.33. The Morgan fingerprint density at radius 3 is 1.97 bits per heavy atom. The first-order valence-electron chi connectivity index (χ1n) is 12.9. The number of hydrogen-bond acceptors (Lipinski definition) is 4.